The molecule has 0 aliphatic heterocycles. The van der Waals surface area contributed by atoms with Crippen LogP contribution in [-0.4, -0.2) is 41.0 Å². The lowest BCUT2D eigenvalue weighted by Gasteiger charge is -2.43. The van der Waals surface area contributed by atoms with E-state index in [0.717, 1.165) is 55.7 Å². The molecule has 0 heterocycles. The van der Waals surface area contributed by atoms with Gasteiger partial charge >= 0.3 is 0 Å². The first-order chi connectivity index (χ1) is 16.9. The van der Waals surface area contributed by atoms with E-state index in [1.807, 2.05) is 30.3 Å². The van der Waals surface area contributed by atoms with Crippen molar-refractivity contribution in [2.75, 3.05) is 35.0 Å². The summed E-state index contributed by atoms with van der Waals surface area (Å²) in [5, 5.41) is 14.3. The predicted molar refractivity (Wildman–Crippen MR) is 139 cm³/mol. The molecule has 6 heteroatoms. The van der Waals surface area contributed by atoms with Crippen LogP contribution in [0.5, 0.6) is 23.0 Å². The van der Waals surface area contributed by atoms with Gasteiger partial charge in [0, 0.05) is 6.04 Å². The molecule has 1 aliphatic carbocycles. The van der Waals surface area contributed by atoms with Crippen molar-refractivity contribution in [1.29, 1.82) is 5.26 Å². The van der Waals surface area contributed by atoms with Crippen LogP contribution in [0.25, 0.3) is 0 Å². The molecule has 0 aromatic heterocycles. The highest BCUT2D eigenvalue weighted by molar-refractivity contribution is 5.48. The first-order valence-electron chi connectivity index (χ1n) is 12.5. The summed E-state index contributed by atoms with van der Waals surface area (Å²) in [5.74, 6) is 3.29. The molecule has 35 heavy (non-hydrogen) atoms. The number of nitrogens with zero attached hydrogens (tertiary/aromatic N) is 1. The molecule has 2 aromatic rings. The number of nitriles is 1. The quantitative estimate of drug-likeness (QED) is 0.456. The van der Waals surface area contributed by atoms with Gasteiger partial charge in [0.1, 0.15) is 0 Å². The third-order valence-corrected chi connectivity index (χ3v) is 7.57. The number of rotatable bonds is 11. The highest BCUT2D eigenvalue weighted by Gasteiger charge is 2.45. The van der Waals surface area contributed by atoms with E-state index in [9.17, 15) is 5.26 Å². The zero-order valence-corrected chi connectivity index (χ0v) is 22.0. The van der Waals surface area contributed by atoms with Crippen LogP contribution in [0.1, 0.15) is 50.7 Å². The first-order valence-corrected chi connectivity index (χ1v) is 12.5. The Kier molecular flexibility index (Phi) is 9.28. The number of hydrogen-bond acceptors (Lipinski definition) is 6. The Hall–Kier alpha value is -2.91. The Morgan fingerprint density at radius 1 is 0.914 bits per heavy atom. The van der Waals surface area contributed by atoms with E-state index in [1.54, 1.807) is 28.4 Å². The number of benzene rings is 2. The van der Waals surface area contributed by atoms with Crippen molar-refractivity contribution >= 4 is 0 Å². The highest BCUT2D eigenvalue weighted by Crippen LogP contribution is 2.47. The molecule has 0 saturated heterocycles. The lowest BCUT2D eigenvalue weighted by atomic mass is 9.60. The molecule has 1 saturated carbocycles. The van der Waals surface area contributed by atoms with Gasteiger partial charge in [-0.05, 0) is 79.5 Å². The van der Waals surface area contributed by atoms with E-state index < -0.39 is 5.41 Å². The molecule has 1 N–H and O–H groups in total. The van der Waals surface area contributed by atoms with Crippen LogP contribution in [0.4, 0.5) is 0 Å². The molecule has 3 atom stereocenters. The van der Waals surface area contributed by atoms with Crippen LogP contribution in [0, 0.1) is 23.2 Å². The Morgan fingerprint density at radius 2 is 1.54 bits per heavy atom. The standard InChI is InChI=1S/C29H40N2O4/c1-20(2)29(19-30,23-11-13-26(33-4)28(18-23)35-6)22-8-7-9-24(17-22)31-15-14-21-10-12-25(32-3)27(16-21)34-5/h10-13,16,18,20,22,24,31H,7-9,14-15,17H2,1-6H3/t22-,24-,29-/m0/s1. The van der Waals surface area contributed by atoms with Gasteiger partial charge < -0.3 is 24.3 Å². The SMILES string of the molecule is COc1ccc(CCN[C@H]2CCC[C@H]([C@@](C#N)(c3ccc(OC)c(OC)c3)C(C)C)C2)cc1OC. The highest BCUT2D eigenvalue weighted by atomic mass is 16.5. The summed E-state index contributed by atoms with van der Waals surface area (Å²) in [6.07, 6.45) is 5.18. The average Bonchev–Trinajstić information content (AvgIpc) is 2.89. The van der Waals surface area contributed by atoms with E-state index in [1.165, 1.54) is 5.56 Å². The number of ether oxygens (including phenoxy) is 4. The Balaban J connectivity index is 1.73. The molecular weight excluding hydrogens is 440 g/mol. The maximum Gasteiger partial charge on any atom is 0.161 e. The fourth-order valence-electron chi connectivity index (χ4n) is 5.66. The van der Waals surface area contributed by atoms with Crippen molar-refractivity contribution in [1.82, 2.24) is 5.32 Å². The minimum atomic E-state index is -0.580. The van der Waals surface area contributed by atoms with Crippen molar-refractivity contribution < 1.29 is 18.9 Å². The average molecular weight is 481 g/mol. The fourth-order valence-corrected chi connectivity index (χ4v) is 5.66. The van der Waals surface area contributed by atoms with Crippen LogP contribution in [0.3, 0.4) is 0 Å². The second kappa shape index (κ2) is 12.2. The van der Waals surface area contributed by atoms with Gasteiger partial charge in [0.05, 0.1) is 39.9 Å². The van der Waals surface area contributed by atoms with Gasteiger partial charge in [0.15, 0.2) is 23.0 Å². The van der Waals surface area contributed by atoms with Crippen LogP contribution in [0.15, 0.2) is 36.4 Å². The van der Waals surface area contributed by atoms with Gasteiger partial charge in [-0.2, -0.15) is 5.26 Å². The molecule has 1 aliphatic rings. The zero-order valence-electron chi connectivity index (χ0n) is 22.0. The topological polar surface area (TPSA) is 72.7 Å². The second-order valence-electron chi connectivity index (χ2n) is 9.66. The van der Waals surface area contributed by atoms with Crippen LogP contribution < -0.4 is 24.3 Å². The van der Waals surface area contributed by atoms with E-state index >= 15 is 0 Å². The minimum Gasteiger partial charge on any atom is -0.493 e. The van der Waals surface area contributed by atoms with Crippen LogP contribution >= 0.6 is 0 Å². The van der Waals surface area contributed by atoms with Crippen molar-refractivity contribution in [2.24, 2.45) is 11.8 Å². The summed E-state index contributed by atoms with van der Waals surface area (Å²) in [5.41, 5.74) is 1.65. The van der Waals surface area contributed by atoms with Gasteiger partial charge in [0.2, 0.25) is 0 Å². The molecule has 0 amide bonds. The summed E-state index contributed by atoms with van der Waals surface area (Å²) in [6.45, 7) is 5.20. The summed E-state index contributed by atoms with van der Waals surface area (Å²) in [6, 6.07) is 15.2. The van der Waals surface area contributed by atoms with E-state index in [0.29, 0.717) is 17.5 Å². The van der Waals surface area contributed by atoms with E-state index in [-0.39, 0.29) is 11.8 Å². The fraction of sp³-hybridized carbons (Fsp3) is 0.552. The molecule has 6 nitrogen and oxygen atoms in total. The number of nitrogens with one attached hydrogen (secondary N) is 1. The number of hydrogen-bond donors (Lipinski definition) is 1. The third-order valence-electron chi connectivity index (χ3n) is 7.57. The molecule has 3 rings (SSSR count). The molecule has 2 aromatic carbocycles. The van der Waals surface area contributed by atoms with E-state index in [4.69, 9.17) is 18.9 Å². The van der Waals surface area contributed by atoms with Gasteiger partial charge in [0.25, 0.3) is 0 Å². The lowest BCUT2D eigenvalue weighted by molar-refractivity contribution is 0.173. The Morgan fingerprint density at radius 3 is 2.14 bits per heavy atom. The predicted octanol–water partition coefficient (Wildman–Crippen LogP) is 5.53. The van der Waals surface area contributed by atoms with Gasteiger partial charge in [-0.25, -0.2) is 0 Å². The lowest BCUT2D eigenvalue weighted by Crippen LogP contribution is -2.45. The maximum absolute atomic E-state index is 10.6. The summed E-state index contributed by atoms with van der Waals surface area (Å²) in [4.78, 5) is 0. The van der Waals surface area contributed by atoms with Gasteiger partial charge in [-0.3, -0.25) is 0 Å². The largest absolute Gasteiger partial charge is 0.493 e. The first kappa shape index (κ1) is 26.7. The molecule has 190 valence electrons. The third kappa shape index (κ3) is 5.67. The summed E-state index contributed by atoms with van der Waals surface area (Å²) in [7, 11) is 6.59. The molecule has 0 spiro atoms. The Bertz CT molecular complexity index is 1020. The molecule has 1 fully saturated rings. The zero-order chi connectivity index (χ0) is 25.4. The van der Waals surface area contributed by atoms with Crippen molar-refractivity contribution in [3.8, 4) is 29.1 Å². The summed E-state index contributed by atoms with van der Waals surface area (Å²) >= 11 is 0. The Labute approximate surface area is 210 Å². The van der Waals surface area contributed by atoms with Crippen LogP contribution in [-0.2, 0) is 11.8 Å². The normalized spacial score (nSPS) is 19.5. The minimum absolute atomic E-state index is 0.168. The molecule has 0 unspecified atom stereocenters. The van der Waals surface area contributed by atoms with Crippen molar-refractivity contribution in [2.45, 2.75) is 57.4 Å². The van der Waals surface area contributed by atoms with Crippen molar-refractivity contribution in [3.05, 3.63) is 47.5 Å². The van der Waals surface area contributed by atoms with E-state index in [2.05, 4.69) is 31.3 Å². The maximum atomic E-state index is 10.6. The van der Waals surface area contributed by atoms with Crippen molar-refractivity contribution in [3.63, 3.8) is 0 Å². The second-order valence-corrected chi connectivity index (χ2v) is 9.66. The number of methoxy groups -OCH3 is 4. The van der Waals surface area contributed by atoms with Gasteiger partial charge in [-0.1, -0.05) is 32.4 Å². The smallest absolute Gasteiger partial charge is 0.161 e. The monoisotopic (exact) mass is 480 g/mol. The molecule has 0 radical (unpaired) electrons. The van der Waals surface area contributed by atoms with Gasteiger partial charge in [-0.15, -0.1) is 0 Å². The molecule has 0 bridgehead atoms. The summed E-state index contributed by atoms with van der Waals surface area (Å²) < 4.78 is 21.8. The van der Waals surface area contributed by atoms with Crippen LogP contribution in [0.2, 0.25) is 0 Å². The molecular formula is C29H40N2O4.